The van der Waals surface area contributed by atoms with Crippen LogP contribution in [0.1, 0.15) is 12.5 Å². The lowest BCUT2D eigenvalue weighted by molar-refractivity contribution is -0.118. The van der Waals surface area contributed by atoms with Gasteiger partial charge in [0.25, 0.3) is 0 Å². The van der Waals surface area contributed by atoms with E-state index >= 15 is 0 Å². The van der Waals surface area contributed by atoms with Gasteiger partial charge in [-0.2, -0.15) is 0 Å². The van der Waals surface area contributed by atoms with Gasteiger partial charge in [-0.3, -0.25) is 4.79 Å². The lowest BCUT2D eigenvalue weighted by atomic mass is 10.2. The molecule has 2 N–H and O–H groups in total. The number of carbonyl (C=O) groups is 1. The summed E-state index contributed by atoms with van der Waals surface area (Å²) in [7, 11) is 0. The van der Waals surface area contributed by atoms with Crippen LogP contribution in [0.3, 0.4) is 0 Å². The van der Waals surface area contributed by atoms with Gasteiger partial charge in [-0.15, -0.1) is 11.8 Å². The molecule has 100 valence electrons. The van der Waals surface area contributed by atoms with Crippen molar-refractivity contribution >= 4 is 29.3 Å². The van der Waals surface area contributed by atoms with Gasteiger partial charge in [0.2, 0.25) is 5.91 Å². The standard InChI is InChI=1S/C13H18ClNO2S/c1-10(7-16)6-15-13(17)9-18-8-11-2-4-12(14)5-3-11/h2-5,10,16H,6-9H2,1H3,(H,15,17). The summed E-state index contributed by atoms with van der Waals surface area (Å²) in [5.74, 6) is 1.34. The van der Waals surface area contributed by atoms with Crippen molar-refractivity contribution in [2.45, 2.75) is 12.7 Å². The normalized spacial score (nSPS) is 12.2. The number of aliphatic hydroxyl groups excluding tert-OH is 1. The molecule has 0 bridgehead atoms. The van der Waals surface area contributed by atoms with E-state index in [1.807, 2.05) is 31.2 Å². The van der Waals surface area contributed by atoms with E-state index in [4.69, 9.17) is 16.7 Å². The number of benzene rings is 1. The second kappa shape index (κ2) is 8.40. The van der Waals surface area contributed by atoms with Crippen molar-refractivity contribution in [1.29, 1.82) is 0 Å². The summed E-state index contributed by atoms with van der Waals surface area (Å²) >= 11 is 7.35. The highest BCUT2D eigenvalue weighted by Crippen LogP contribution is 2.15. The van der Waals surface area contributed by atoms with E-state index in [0.717, 1.165) is 16.3 Å². The Morgan fingerprint density at radius 3 is 2.72 bits per heavy atom. The van der Waals surface area contributed by atoms with E-state index in [2.05, 4.69) is 5.32 Å². The van der Waals surface area contributed by atoms with Gasteiger partial charge in [0, 0.05) is 23.9 Å². The summed E-state index contributed by atoms with van der Waals surface area (Å²) in [5.41, 5.74) is 1.15. The van der Waals surface area contributed by atoms with E-state index in [1.54, 1.807) is 11.8 Å². The summed E-state index contributed by atoms with van der Waals surface area (Å²) in [6.07, 6.45) is 0. The molecule has 0 aromatic heterocycles. The molecule has 1 unspecified atom stereocenters. The van der Waals surface area contributed by atoms with Gasteiger partial charge in [-0.25, -0.2) is 0 Å². The summed E-state index contributed by atoms with van der Waals surface area (Å²) in [5, 5.41) is 12.3. The Morgan fingerprint density at radius 2 is 2.11 bits per heavy atom. The van der Waals surface area contributed by atoms with Crippen LogP contribution in [0.25, 0.3) is 0 Å². The molecule has 0 saturated heterocycles. The minimum atomic E-state index is 0.00858. The maximum atomic E-state index is 11.5. The molecule has 1 rings (SSSR count). The van der Waals surface area contributed by atoms with Crippen LogP contribution in [0.5, 0.6) is 0 Å². The number of thioether (sulfide) groups is 1. The van der Waals surface area contributed by atoms with Crippen LogP contribution in [-0.2, 0) is 10.5 Å². The van der Waals surface area contributed by atoms with E-state index in [-0.39, 0.29) is 18.4 Å². The fraction of sp³-hybridized carbons (Fsp3) is 0.462. The first-order valence-electron chi connectivity index (χ1n) is 5.81. The van der Waals surface area contributed by atoms with Gasteiger partial charge < -0.3 is 10.4 Å². The van der Waals surface area contributed by atoms with Crippen molar-refractivity contribution in [2.75, 3.05) is 18.9 Å². The van der Waals surface area contributed by atoms with Crippen molar-refractivity contribution in [3.63, 3.8) is 0 Å². The van der Waals surface area contributed by atoms with Crippen molar-refractivity contribution in [1.82, 2.24) is 5.32 Å². The fourth-order valence-electron chi connectivity index (χ4n) is 1.25. The van der Waals surface area contributed by atoms with Crippen LogP contribution in [0.2, 0.25) is 5.02 Å². The highest BCUT2D eigenvalue weighted by Gasteiger charge is 2.04. The fourth-order valence-corrected chi connectivity index (χ4v) is 2.19. The molecular weight excluding hydrogens is 270 g/mol. The Kier molecular flexibility index (Phi) is 7.16. The van der Waals surface area contributed by atoms with E-state index in [9.17, 15) is 4.79 Å². The third-order valence-electron chi connectivity index (χ3n) is 2.37. The first-order chi connectivity index (χ1) is 8.61. The Morgan fingerprint density at radius 1 is 1.44 bits per heavy atom. The molecule has 0 saturated carbocycles. The summed E-state index contributed by atoms with van der Waals surface area (Å²) < 4.78 is 0. The molecule has 0 aliphatic heterocycles. The van der Waals surface area contributed by atoms with Crippen molar-refractivity contribution in [3.05, 3.63) is 34.9 Å². The van der Waals surface area contributed by atoms with E-state index in [1.165, 1.54) is 0 Å². The molecule has 1 aromatic carbocycles. The van der Waals surface area contributed by atoms with Gasteiger partial charge in [-0.05, 0) is 23.6 Å². The van der Waals surface area contributed by atoms with E-state index < -0.39 is 0 Å². The number of hydrogen-bond acceptors (Lipinski definition) is 3. The molecular formula is C13H18ClNO2S. The van der Waals surface area contributed by atoms with Crippen LogP contribution in [0.15, 0.2) is 24.3 Å². The number of aliphatic hydroxyl groups is 1. The first-order valence-corrected chi connectivity index (χ1v) is 7.35. The lowest BCUT2D eigenvalue weighted by Crippen LogP contribution is -2.30. The average Bonchev–Trinajstić information content (AvgIpc) is 2.38. The van der Waals surface area contributed by atoms with Crippen LogP contribution in [0, 0.1) is 5.92 Å². The number of nitrogens with one attached hydrogen (secondary N) is 1. The number of amides is 1. The maximum Gasteiger partial charge on any atom is 0.230 e. The molecule has 0 spiro atoms. The summed E-state index contributed by atoms with van der Waals surface area (Å²) in [4.78, 5) is 11.5. The second-order valence-corrected chi connectivity index (χ2v) is 5.63. The average molecular weight is 288 g/mol. The Hall–Kier alpha value is -0.710. The molecule has 0 heterocycles. The number of rotatable bonds is 7. The van der Waals surface area contributed by atoms with Crippen LogP contribution in [0.4, 0.5) is 0 Å². The van der Waals surface area contributed by atoms with Gasteiger partial charge in [0.15, 0.2) is 0 Å². The van der Waals surface area contributed by atoms with E-state index in [0.29, 0.717) is 12.3 Å². The Bertz CT molecular complexity index is 370. The third kappa shape index (κ3) is 6.28. The molecule has 5 heteroatoms. The lowest BCUT2D eigenvalue weighted by Gasteiger charge is -2.09. The van der Waals surface area contributed by atoms with Gasteiger partial charge in [-0.1, -0.05) is 30.7 Å². The third-order valence-corrected chi connectivity index (χ3v) is 3.63. The van der Waals surface area contributed by atoms with Crippen LogP contribution < -0.4 is 5.32 Å². The second-order valence-electron chi connectivity index (χ2n) is 4.21. The van der Waals surface area contributed by atoms with Crippen molar-refractivity contribution in [3.8, 4) is 0 Å². The Balaban J connectivity index is 2.17. The quantitative estimate of drug-likeness (QED) is 0.809. The molecule has 0 aliphatic rings. The molecule has 3 nitrogen and oxygen atoms in total. The van der Waals surface area contributed by atoms with Gasteiger partial charge >= 0.3 is 0 Å². The van der Waals surface area contributed by atoms with Gasteiger partial charge in [0.05, 0.1) is 5.75 Å². The first kappa shape index (κ1) is 15.3. The monoisotopic (exact) mass is 287 g/mol. The number of halogens is 1. The van der Waals surface area contributed by atoms with Crippen molar-refractivity contribution in [2.24, 2.45) is 5.92 Å². The van der Waals surface area contributed by atoms with Crippen molar-refractivity contribution < 1.29 is 9.90 Å². The molecule has 0 radical (unpaired) electrons. The maximum absolute atomic E-state index is 11.5. The zero-order chi connectivity index (χ0) is 13.4. The molecule has 1 atom stereocenters. The molecule has 18 heavy (non-hydrogen) atoms. The minimum Gasteiger partial charge on any atom is -0.396 e. The predicted molar refractivity (Wildman–Crippen MR) is 76.9 cm³/mol. The van der Waals surface area contributed by atoms with Crippen LogP contribution in [-0.4, -0.2) is 29.9 Å². The minimum absolute atomic E-state index is 0.00858. The van der Waals surface area contributed by atoms with Crippen LogP contribution >= 0.6 is 23.4 Å². The molecule has 1 amide bonds. The highest BCUT2D eigenvalue weighted by molar-refractivity contribution is 7.99. The summed E-state index contributed by atoms with van der Waals surface area (Å²) in [6, 6.07) is 7.61. The highest BCUT2D eigenvalue weighted by atomic mass is 35.5. The SMILES string of the molecule is CC(CO)CNC(=O)CSCc1ccc(Cl)cc1. The predicted octanol–water partition coefficient (Wildman–Crippen LogP) is 2.32. The molecule has 0 aliphatic carbocycles. The molecule has 1 aromatic rings. The molecule has 0 fully saturated rings. The number of hydrogen-bond donors (Lipinski definition) is 2. The largest absolute Gasteiger partial charge is 0.396 e. The summed E-state index contributed by atoms with van der Waals surface area (Å²) in [6.45, 7) is 2.51. The zero-order valence-electron chi connectivity index (χ0n) is 10.4. The topological polar surface area (TPSA) is 49.3 Å². The number of carbonyl (C=O) groups excluding carboxylic acids is 1. The van der Waals surface area contributed by atoms with Gasteiger partial charge in [0.1, 0.15) is 0 Å². The smallest absolute Gasteiger partial charge is 0.230 e. The zero-order valence-corrected chi connectivity index (χ0v) is 11.9. The Labute approximate surface area is 117 Å².